The second-order valence-electron chi connectivity index (χ2n) is 6.70. The molecule has 0 aliphatic carbocycles. The number of hydrogen-bond donors (Lipinski definition) is 1. The van der Waals surface area contributed by atoms with Gasteiger partial charge >= 0.3 is 0 Å². The minimum Gasteiger partial charge on any atom is -0.292 e. The van der Waals surface area contributed by atoms with Crippen molar-refractivity contribution in [2.24, 2.45) is 5.10 Å². The van der Waals surface area contributed by atoms with E-state index in [-0.39, 0.29) is 17.3 Å². The summed E-state index contributed by atoms with van der Waals surface area (Å²) in [7, 11) is -3.52. The molecule has 10 heteroatoms. The molecule has 1 amide bonds. The number of nitrogens with zero attached hydrogens (tertiary/aromatic N) is 3. The van der Waals surface area contributed by atoms with Gasteiger partial charge in [0.2, 0.25) is 10.0 Å². The zero-order chi connectivity index (χ0) is 21.6. The molecule has 0 atom stereocenters. The van der Waals surface area contributed by atoms with Crippen molar-refractivity contribution in [1.29, 1.82) is 0 Å². The highest BCUT2D eigenvalue weighted by atomic mass is 79.9. The average molecular weight is 511 g/mol. The number of piperazine rings is 1. The molecule has 2 aromatic carbocycles. The van der Waals surface area contributed by atoms with E-state index in [1.807, 2.05) is 35.4 Å². The molecule has 3 rings (SSSR count). The zero-order valence-electron chi connectivity index (χ0n) is 16.5. The van der Waals surface area contributed by atoms with Crippen LogP contribution in [0.3, 0.4) is 0 Å². The van der Waals surface area contributed by atoms with Crippen molar-refractivity contribution < 1.29 is 13.2 Å². The van der Waals surface area contributed by atoms with Gasteiger partial charge in [-0.05, 0) is 48.2 Å². The summed E-state index contributed by atoms with van der Waals surface area (Å²) in [6.07, 6.45) is 3.62. The normalized spacial score (nSPS) is 16.1. The minimum absolute atomic E-state index is 0.176. The lowest BCUT2D eigenvalue weighted by molar-refractivity contribution is -0.122. The summed E-state index contributed by atoms with van der Waals surface area (Å²) in [6, 6.07) is 14.5. The molecule has 30 heavy (non-hydrogen) atoms. The van der Waals surface area contributed by atoms with Gasteiger partial charge in [0.15, 0.2) is 0 Å². The van der Waals surface area contributed by atoms with E-state index in [0.717, 1.165) is 14.9 Å². The second kappa shape index (κ2) is 10.5. The van der Waals surface area contributed by atoms with Gasteiger partial charge in [-0.25, -0.2) is 13.8 Å². The van der Waals surface area contributed by atoms with Gasteiger partial charge in [-0.15, -0.1) is 11.8 Å². The highest BCUT2D eigenvalue weighted by Gasteiger charge is 2.28. The largest absolute Gasteiger partial charge is 0.292 e. The van der Waals surface area contributed by atoms with Crippen LogP contribution in [0, 0.1) is 0 Å². The smallest absolute Gasteiger partial charge is 0.254 e. The van der Waals surface area contributed by atoms with Crippen molar-refractivity contribution in [3.05, 3.63) is 58.6 Å². The molecule has 0 saturated carbocycles. The number of carbonyl (C=O) groups excluding carboxylic acids is 1. The maximum Gasteiger partial charge on any atom is 0.254 e. The van der Waals surface area contributed by atoms with Gasteiger partial charge in [0.1, 0.15) is 0 Å². The van der Waals surface area contributed by atoms with E-state index in [0.29, 0.717) is 26.2 Å². The van der Waals surface area contributed by atoms with Crippen molar-refractivity contribution in [3.63, 3.8) is 0 Å². The summed E-state index contributed by atoms with van der Waals surface area (Å²) >= 11 is 4.98. The van der Waals surface area contributed by atoms with Crippen LogP contribution in [0.4, 0.5) is 0 Å². The molecule has 0 bridgehead atoms. The Hall–Kier alpha value is -1.72. The molecular weight excluding hydrogens is 488 g/mol. The minimum atomic E-state index is -3.52. The fourth-order valence-electron chi connectivity index (χ4n) is 2.99. The number of halogens is 1. The fraction of sp³-hybridized carbons (Fsp3) is 0.300. The molecule has 1 saturated heterocycles. The van der Waals surface area contributed by atoms with Crippen molar-refractivity contribution in [3.8, 4) is 0 Å². The topological polar surface area (TPSA) is 82.1 Å². The van der Waals surface area contributed by atoms with Crippen LogP contribution in [0.15, 0.2) is 67.9 Å². The predicted octanol–water partition coefficient (Wildman–Crippen LogP) is 2.63. The summed E-state index contributed by atoms with van der Waals surface area (Å²) < 4.78 is 27.8. The zero-order valence-corrected chi connectivity index (χ0v) is 19.7. The Morgan fingerprint density at radius 2 is 1.73 bits per heavy atom. The molecular formula is C20H23BrN4O3S2. The van der Waals surface area contributed by atoms with Crippen molar-refractivity contribution in [2.75, 3.05) is 39.0 Å². The van der Waals surface area contributed by atoms with Crippen molar-refractivity contribution >= 4 is 49.8 Å². The van der Waals surface area contributed by atoms with Gasteiger partial charge in [0.05, 0.1) is 17.7 Å². The SMILES string of the molecule is CSc1ccc(/C=N\NC(=O)CN2CCN(S(=O)(=O)c3ccc(Br)cc3)CC2)cc1. The molecule has 160 valence electrons. The third-order valence-corrected chi connectivity index (χ3v) is 7.85. The van der Waals surface area contributed by atoms with Crippen LogP contribution < -0.4 is 5.43 Å². The van der Waals surface area contributed by atoms with Crippen LogP contribution in [0.2, 0.25) is 0 Å². The van der Waals surface area contributed by atoms with Gasteiger partial charge in [-0.1, -0.05) is 28.1 Å². The number of nitrogens with one attached hydrogen (secondary N) is 1. The standard InChI is InChI=1S/C20H23BrN4O3S2/c1-29-18-6-2-16(3-7-18)14-22-23-20(26)15-24-10-12-25(13-11-24)30(27,28)19-8-4-17(21)5-9-19/h2-9,14H,10-13,15H2,1H3,(H,23,26)/b22-14-. The van der Waals surface area contributed by atoms with Crippen LogP contribution in [0.5, 0.6) is 0 Å². The van der Waals surface area contributed by atoms with Gasteiger partial charge in [-0.3, -0.25) is 9.69 Å². The first-order valence-corrected chi connectivity index (χ1v) is 12.8. The first-order valence-electron chi connectivity index (χ1n) is 9.32. The first kappa shape index (κ1) is 23.0. The monoisotopic (exact) mass is 510 g/mol. The molecule has 0 spiro atoms. The number of thioether (sulfide) groups is 1. The van der Waals surface area contributed by atoms with E-state index in [4.69, 9.17) is 0 Å². The second-order valence-corrected chi connectivity index (χ2v) is 10.4. The summed E-state index contributed by atoms with van der Waals surface area (Å²) in [5.41, 5.74) is 3.43. The number of hydrogen-bond acceptors (Lipinski definition) is 6. The number of carbonyl (C=O) groups is 1. The molecule has 1 heterocycles. The summed E-state index contributed by atoms with van der Waals surface area (Å²) in [5, 5.41) is 4.00. The lowest BCUT2D eigenvalue weighted by Gasteiger charge is -2.33. The molecule has 0 radical (unpaired) electrons. The third kappa shape index (κ3) is 6.14. The number of rotatable bonds is 7. The molecule has 1 aliphatic heterocycles. The molecule has 1 fully saturated rings. The lowest BCUT2D eigenvalue weighted by Crippen LogP contribution is -2.50. The Balaban J connectivity index is 1.46. The maximum absolute atomic E-state index is 12.7. The number of sulfonamides is 1. The first-order chi connectivity index (χ1) is 14.4. The number of benzene rings is 2. The van der Waals surface area contributed by atoms with E-state index in [2.05, 4.69) is 26.5 Å². The molecule has 1 aliphatic rings. The molecule has 2 aromatic rings. The summed E-state index contributed by atoms with van der Waals surface area (Å²) in [6.45, 7) is 1.84. The van der Waals surface area contributed by atoms with Crippen molar-refractivity contribution in [2.45, 2.75) is 9.79 Å². The Morgan fingerprint density at radius 3 is 2.33 bits per heavy atom. The fourth-order valence-corrected chi connectivity index (χ4v) is 5.09. The van der Waals surface area contributed by atoms with E-state index < -0.39 is 10.0 Å². The predicted molar refractivity (Wildman–Crippen MR) is 123 cm³/mol. The van der Waals surface area contributed by atoms with Crippen molar-refractivity contribution in [1.82, 2.24) is 14.6 Å². The van der Waals surface area contributed by atoms with Crippen LogP contribution in [0.1, 0.15) is 5.56 Å². The Bertz CT molecular complexity index is 988. The maximum atomic E-state index is 12.7. The number of amides is 1. The average Bonchev–Trinajstić information content (AvgIpc) is 2.75. The van der Waals surface area contributed by atoms with Crippen LogP contribution in [-0.2, 0) is 14.8 Å². The summed E-state index contributed by atoms with van der Waals surface area (Å²) in [5.74, 6) is -0.226. The Labute approximate surface area is 189 Å². The highest BCUT2D eigenvalue weighted by Crippen LogP contribution is 2.20. The molecule has 1 N–H and O–H groups in total. The van der Waals surface area contributed by atoms with E-state index in [9.17, 15) is 13.2 Å². The van der Waals surface area contributed by atoms with Gasteiger partial charge in [0.25, 0.3) is 5.91 Å². The van der Waals surface area contributed by atoms with Crippen LogP contribution in [-0.4, -0.2) is 68.7 Å². The Kier molecular flexibility index (Phi) is 8.06. The molecule has 0 unspecified atom stereocenters. The lowest BCUT2D eigenvalue weighted by atomic mass is 10.2. The van der Waals surface area contributed by atoms with E-state index in [1.54, 1.807) is 42.2 Å². The van der Waals surface area contributed by atoms with Crippen LogP contribution in [0.25, 0.3) is 0 Å². The molecule has 7 nitrogen and oxygen atoms in total. The highest BCUT2D eigenvalue weighted by molar-refractivity contribution is 9.10. The molecule has 0 aromatic heterocycles. The number of hydrazone groups is 1. The van der Waals surface area contributed by atoms with Gasteiger partial charge < -0.3 is 0 Å². The van der Waals surface area contributed by atoms with Crippen LogP contribution >= 0.6 is 27.7 Å². The quantitative estimate of drug-likeness (QED) is 0.351. The summed E-state index contributed by atoms with van der Waals surface area (Å²) in [4.78, 5) is 15.5. The van der Waals surface area contributed by atoms with Gasteiger partial charge in [0, 0.05) is 35.5 Å². The Morgan fingerprint density at radius 1 is 1.10 bits per heavy atom. The van der Waals surface area contributed by atoms with Gasteiger partial charge in [-0.2, -0.15) is 9.41 Å². The van der Waals surface area contributed by atoms with E-state index in [1.165, 1.54) is 4.31 Å². The van der Waals surface area contributed by atoms with E-state index >= 15 is 0 Å². The third-order valence-electron chi connectivity index (χ3n) is 4.67.